The van der Waals surface area contributed by atoms with Crippen LogP contribution in [0, 0.1) is 5.82 Å². The molecule has 0 saturated carbocycles. The molecule has 0 bridgehead atoms. The van der Waals surface area contributed by atoms with Crippen LogP contribution in [0.1, 0.15) is 5.69 Å². The number of rotatable bonds is 2. The van der Waals surface area contributed by atoms with E-state index >= 15 is 0 Å². The molecule has 0 aliphatic heterocycles. The second-order valence-corrected chi connectivity index (χ2v) is 4.09. The predicted molar refractivity (Wildman–Crippen MR) is 60.9 cm³/mol. The Labute approximate surface area is 106 Å². The average molecular weight is 281 g/mol. The lowest BCUT2D eigenvalue weighted by molar-refractivity contribution is 0.627. The van der Waals surface area contributed by atoms with E-state index in [1.165, 1.54) is 16.8 Å². The highest BCUT2D eigenvalue weighted by Crippen LogP contribution is 2.26. The van der Waals surface area contributed by atoms with Gasteiger partial charge in [0.25, 0.3) is 0 Å². The molecule has 1 heterocycles. The molecule has 84 valence electrons. The van der Waals surface area contributed by atoms with Gasteiger partial charge in [-0.1, -0.05) is 28.4 Å². The number of benzene rings is 1. The van der Waals surface area contributed by atoms with E-state index in [0.717, 1.165) is 0 Å². The van der Waals surface area contributed by atoms with Crippen LogP contribution in [-0.2, 0) is 5.88 Å². The van der Waals surface area contributed by atoms with Crippen LogP contribution in [0.25, 0.3) is 5.69 Å². The minimum Gasteiger partial charge on any atom is -0.220 e. The Kier molecular flexibility index (Phi) is 3.33. The molecule has 0 fully saturated rings. The van der Waals surface area contributed by atoms with Gasteiger partial charge in [-0.3, -0.25) is 0 Å². The van der Waals surface area contributed by atoms with Crippen LogP contribution in [0.15, 0.2) is 18.3 Å². The molecule has 2 aromatic rings. The highest BCUT2D eigenvalue weighted by Gasteiger charge is 2.10. The molecule has 16 heavy (non-hydrogen) atoms. The van der Waals surface area contributed by atoms with E-state index in [1.807, 2.05) is 0 Å². The Hall–Kier alpha value is -0.840. The molecule has 0 saturated heterocycles. The van der Waals surface area contributed by atoms with Gasteiger partial charge in [-0.05, 0) is 12.1 Å². The topological polar surface area (TPSA) is 30.7 Å². The zero-order chi connectivity index (χ0) is 11.7. The van der Waals surface area contributed by atoms with Crippen molar-refractivity contribution in [1.29, 1.82) is 0 Å². The van der Waals surface area contributed by atoms with Crippen molar-refractivity contribution in [2.24, 2.45) is 0 Å². The van der Waals surface area contributed by atoms with Crippen LogP contribution in [0.5, 0.6) is 0 Å². The van der Waals surface area contributed by atoms with Crippen molar-refractivity contribution in [1.82, 2.24) is 15.0 Å². The zero-order valence-electron chi connectivity index (χ0n) is 7.79. The summed E-state index contributed by atoms with van der Waals surface area (Å²) in [5, 5.41) is 7.48. The van der Waals surface area contributed by atoms with Gasteiger partial charge in [0.2, 0.25) is 0 Å². The maximum absolute atomic E-state index is 13.2. The Bertz CT molecular complexity index is 503. The van der Waals surface area contributed by atoms with Gasteiger partial charge >= 0.3 is 0 Å². The van der Waals surface area contributed by atoms with Gasteiger partial charge in [0.05, 0.1) is 33.5 Å². The normalized spacial score (nSPS) is 10.8. The molecule has 0 N–H and O–H groups in total. The molecule has 0 spiro atoms. The number of hydrogen-bond donors (Lipinski definition) is 0. The fraction of sp³-hybridized carbons (Fsp3) is 0.111. The summed E-state index contributed by atoms with van der Waals surface area (Å²) in [5.74, 6) is -0.396. The summed E-state index contributed by atoms with van der Waals surface area (Å²) < 4.78 is 14.6. The highest BCUT2D eigenvalue weighted by atomic mass is 35.5. The molecule has 0 aliphatic carbocycles. The summed E-state index contributed by atoms with van der Waals surface area (Å²) in [6.07, 6.45) is 1.62. The van der Waals surface area contributed by atoms with Gasteiger partial charge in [-0.2, -0.15) is 0 Å². The van der Waals surface area contributed by atoms with Crippen LogP contribution in [-0.4, -0.2) is 15.0 Å². The average Bonchev–Trinajstić information content (AvgIpc) is 2.73. The Morgan fingerprint density at radius 1 is 1.25 bits per heavy atom. The van der Waals surface area contributed by atoms with Crippen molar-refractivity contribution in [3.63, 3.8) is 0 Å². The lowest BCUT2D eigenvalue weighted by atomic mass is 10.3. The van der Waals surface area contributed by atoms with Crippen LogP contribution in [0.3, 0.4) is 0 Å². The summed E-state index contributed by atoms with van der Waals surface area (Å²) >= 11 is 16.9. The molecule has 1 aromatic heterocycles. The van der Waals surface area contributed by atoms with Gasteiger partial charge in [0.1, 0.15) is 0 Å². The molecule has 0 atom stereocenters. The number of halogens is 4. The smallest absolute Gasteiger partial charge is 0.160 e. The van der Waals surface area contributed by atoms with E-state index in [4.69, 9.17) is 34.8 Å². The maximum atomic E-state index is 13.2. The van der Waals surface area contributed by atoms with Crippen LogP contribution < -0.4 is 0 Å². The Morgan fingerprint density at radius 3 is 2.38 bits per heavy atom. The van der Waals surface area contributed by atoms with E-state index < -0.39 is 5.82 Å². The molecule has 7 heteroatoms. The maximum Gasteiger partial charge on any atom is 0.160 e. The summed E-state index contributed by atoms with van der Waals surface area (Å²) in [4.78, 5) is 0. The second-order valence-electron chi connectivity index (χ2n) is 3.01. The standard InChI is InChI=1S/C9H5Cl3FN3/c10-3-5-4-16(15-14-5)6-1-7(11)9(13)8(12)2-6/h1-2,4H,3H2. The molecular weight excluding hydrogens is 275 g/mol. The summed E-state index contributed by atoms with van der Waals surface area (Å²) in [5.41, 5.74) is 1.14. The second kappa shape index (κ2) is 4.57. The predicted octanol–water partition coefficient (Wildman–Crippen LogP) is 3.45. The minimum absolute atomic E-state index is 0.0644. The molecule has 0 radical (unpaired) electrons. The molecule has 0 aliphatic rings. The Morgan fingerprint density at radius 2 is 1.88 bits per heavy atom. The van der Waals surface area contributed by atoms with Crippen LogP contribution in [0.4, 0.5) is 4.39 Å². The van der Waals surface area contributed by atoms with Crippen molar-refractivity contribution in [2.45, 2.75) is 5.88 Å². The minimum atomic E-state index is -0.648. The van der Waals surface area contributed by atoms with E-state index in [9.17, 15) is 4.39 Å². The molecule has 0 amide bonds. The number of nitrogens with zero attached hydrogens (tertiary/aromatic N) is 3. The quantitative estimate of drug-likeness (QED) is 0.623. The van der Waals surface area contributed by atoms with Crippen molar-refractivity contribution in [3.8, 4) is 5.69 Å². The first kappa shape index (κ1) is 11.6. The van der Waals surface area contributed by atoms with E-state index in [0.29, 0.717) is 11.4 Å². The first-order chi connectivity index (χ1) is 7.61. The van der Waals surface area contributed by atoms with Crippen LogP contribution >= 0.6 is 34.8 Å². The lowest BCUT2D eigenvalue weighted by Gasteiger charge is -2.03. The van der Waals surface area contributed by atoms with E-state index in [2.05, 4.69) is 10.3 Å². The molecule has 1 aromatic carbocycles. The van der Waals surface area contributed by atoms with Crippen LogP contribution in [0.2, 0.25) is 10.0 Å². The monoisotopic (exact) mass is 279 g/mol. The molecule has 3 nitrogen and oxygen atoms in total. The SMILES string of the molecule is Fc1c(Cl)cc(-n2cc(CCl)nn2)cc1Cl. The van der Waals surface area contributed by atoms with Gasteiger partial charge in [0.15, 0.2) is 5.82 Å². The van der Waals surface area contributed by atoms with E-state index in [1.54, 1.807) is 6.20 Å². The zero-order valence-corrected chi connectivity index (χ0v) is 10.1. The summed E-state index contributed by atoms with van der Waals surface area (Å²) in [6, 6.07) is 2.82. The lowest BCUT2D eigenvalue weighted by Crippen LogP contribution is -1.96. The van der Waals surface area contributed by atoms with Gasteiger partial charge in [0, 0.05) is 0 Å². The van der Waals surface area contributed by atoms with Crippen molar-refractivity contribution >= 4 is 34.8 Å². The first-order valence-corrected chi connectivity index (χ1v) is 5.53. The summed E-state index contributed by atoms with van der Waals surface area (Å²) in [7, 11) is 0. The third kappa shape index (κ3) is 2.14. The number of hydrogen-bond acceptors (Lipinski definition) is 2. The number of aromatic nitrogens is 3. The van der Waals surface area contributed by atoms with E-state index in [-0.39, 0.29) is 15.9 Å². The fourth-order valence-corrected chi connectivity index (χ4v) is 1.76. The largest absolute Gasteiger partial charge is 0.220 e. The van der Waals surface area contributed by atoms with Gasteiger partial charge in [-0.25, -0.2) is 9.07 Å². The highest BCUT2D eigenvalue weighted by molar-refractivity contribution is 6.35. The molecule has 0 unspecified atom stereocenters. The van der Waals surface area contributed by atoms with Gasteiger partial charge < -0.3 is 0 Å². The fourth-order valence-electron chi connectivity index (χ4n) is 1.16. The van der Waals surface area contributed by atoms with Crippen molar-refractivity contribution in [3.05, 3.63) is 39.9 Å². The Balaban J connectivity index is 2.48. The third-order valence-corrected chi connectivity index (χ3v) is 2.73. The summed E-state index contributed by atoms with van der Waals surface area (Å²) in [6.45, 7) is 0. The van der Waals surface area contributed by atoms with Gasteiger partial charge in [-0.15, -0.1) is 16.7 Å². The molecule has 2 rings (SSSR count). The number of alkyl halides is 1. The molecular formula is C9H5Cl3FN3. The van der Waals surface area contributed by atoms with Crippen molar-refractivity contribution in [2.75, 3.05) is 0 Å². The van der Waals surface area contributed by atoms with Crippen molar-refractivity contribution < 1.29 is 4.39 Å². The third-order valence-electron chi connectivity index (χ3n) is 1.91. The first-order valence-electron chi connectivity index (χ1n) is 4.24.